The van der Waals surface area contributed by atoms with Gasteiger partial charge in [-0.2, -0.15) is 0 Å². The summed E-state index contributed by atoms with van der Waals surface area (Å²) in [5.74, 6) is 1.26. The first-order valence-corrected chi connectivity index (χ1v) is 6.90. The first-order chi connectivity index (χ1) is 10.1. The quantitative estimate of drug-likeness (QED) is 0.858. The van der Waals surface area contributed by atoms with Crippen molar-refractivity contribution in [2.24, 2.45) is 0 Å². The fourth-order valence-corrected chi connectivity index (χ4v) is 2.38. The molecule has 0 aromatic heterocycles. The number of benzene rings is 2. The van der Waals surface area contributed by atoms with Gasteiger partial charge in [0.05, 0.1) is 25.6 Å². The van der Waals surface area contributed by atoms with Crippen molar-refractivity contribution in [1.82, 2.24) is 0 Å². The lowest BCUT2D eigenvalue weighted by Crippen LogP contribution is -2.18. The van der Waals surface area contributed by atoms with Crippen molar-refractivity contribution < 1.29 is 9.47 Å². The van der Waals surface area contributed by atoms with E-state index in [1.54, 1.807) is 20.3 Å². The molecule has 0 saturated carbocycles. The smallest absolute Gasteiger partial charge is 0.162 e. The Balaban J connectivity index is 2.31. The average Bonchev–Trinajstić information content (AvgIpc) is 2.49. The molecule has 0 bridgehead atoms. The van der Waals surface area contributed by atoms with Gasteiger partial charge in [0.25, 0.3) is 0 Å². The average molecular weight is 307 g/mol. The normalized spacial score (nSPS) is 10.3. The number of ether oxygens (including phenoxy) is 2. The summed E-state index contributed by atoms with van der Waals surface area (Å²) in [7, 11) is 5.15. The molecule has 21 heavy (non-hydrogen) atoms. The highest BCUT2D eigenvalue weighted by Gasteiger charge is 2.13. The molecule has 0 amide bonds. The van der Waals surface area contributed by atoms with Gasteiger partial charge in [-0.05, 0) is 11.6 Å². The van der Waals surface area contributed by atoms with E-state index in [9.17, 15) is 0 Å². The Morgan fingerprint density at radius 3 is 2.33 bits per heavy atom. The molecular weight excluding hydrogens is 288 g/mol. The van der Waals surface area contributed by atoms with Crippen molar-refractivity contribution in [3.8, 4) is 11.5 Å². The highest BCUT2D eigenvalue weighted by molar-refractivity contribution is 6.31. The number of nitrogens with zero attached hydrogens (tertiary/aromatic N) is 1. The molecule has 5 heteroatoms. The minimum atomic E-state index is 0.616. The largest absolute Gasteiger partial charge is 0.493 e. The summed E-state index contributed by atoms with van der Waals surface area (Å²) in [6.07, 6.45) is 0. The summed E-state index contributed by atoms with van der Waals surface area (Å²) in [5, 5.41) is 0.739. The third-order valence-electron chi connectivity index (χ3n) is 3.31. The van der Waals surface area contributed by atoms with Gasteiger partial charge in [0.15, 0.2) is 11.5 Å². The van der Waals surface area contributed by atoms with E-state index in [-0.39, 0.29) is 0 Å². The van der Waals surface area contributed by atoms with Gasteiger partial charge in [-0.15, -0.1) is 0 Å². The molecule has 0 unspecified atom stereocenters. The van der Waals surface area contributed by atoms with E-state index in [0.717, 1.165) is 16.3 Å². The molecule has 0 aliphatic carbocycles. The third kappa shape index (κ3) is 3.34. The number of nitrogen functional groups attached to an aromatic ring is 1. The Morgan fingerprint density at radius 2 is 1.71 bits per heavy atom. The summed E-state index contributed by atoms with van der Waals surface area (Å²) in [5.41, 5.74) is 8.64. The van der Waals surface area contributed by atoms with Gasteiger partial charge in [-0.25, -0.2) is 0 Å². The van der Waals surface area contributed by atoms with Crippen molar-refractivity contribution >= 4 is 23.0 Å². The lowest BCUT2D eigenvalue weighted by atomic mass is 10.1. The molecule has 0 atom stereocenters. The fourth-order valence-electron chi connectivity index (χ4n) is 2.18. The number of nitrogens with two attached hydrogens (primary N) is 1. The molecule has 0 spiro atoms. The third-order valence-corrected chi connectivity index (χ3v) is 3.68. The maximum absolute atomic E-state index is 6.20. The van der Waals surface area contributed by atoms with Crippen LogP contribution in [0.1, 0.15) is 5.56 Å². The van der Waals surface area contributed by atoms with Crippen molar-refractivity contribution in [2.75, 3.05) is 31.9 Å². The van der Waals surface area contributed by atoms with Crippen LogP contribution in [0.2, 0.25) is 5.02 Å². The van der Waals surface area contributed by atoms with Gasteiger partial charge in [0.1, 0.15) is 0 Å². The molecule has 0 heterocycles. The molecule has 0 radical (unpaired) electrons. The first-order valence-electron chi connectivity index (χ1n) is 6.53. The molecule has 2 N–H and O–H groups in total. The van der Waals surface area contributed by atoms with E-state index in [4.69, 9.17) is 26.8 Å². The van der Waals surface area contributed by atoms with Gasteiger partial charge in [0.2, 0.25) is 0 Å². The van der Waals surface area contributed by atoms with E-state index in [2.05, 4.69) is 0 Å². The Labute approximate surface area is 130 Å². The van der Waals surface area contributed by atoms with Crippen molar-refractivity contribution in [2.45, 2.75) is 6.54 Å². The SMILES string of the molecule is COc1cc(N)c(N(C)Cc2ccccc2Cl)cc1OC. The number of rotatable bonds is 5. The molecule has 2 aromatic carbocycles. The monoisotopic (exact) mass is 306 g/mol. The number of methoxy groups -OCH3 is 2. The zero-order valence-corrected chi connectivity index (χ0v) is 13.1. The highest BCUT2D eigenvalue weighted by atomic mass is 35.5. The molecule has 4 nitrogen and oxygen atoms in total. The molecule has 0 saturated heterocycles. The molecule has 2 aromatic rings. The second-order valence-electron chi connectivity index (χ2n) is 4.71. The molecule has 0 fully saturated rings. The van der Waals surface area contributed by atoms with Crippen LogP contribution in [0.25, 0.3) is 0 Å². The lowest BCUT2D eigenvalue weighted by molar-refractivity contribution is 0.355. The Hall–Kier alpha value is -2.07. The van der Waals surface area contributed by atoms with Gasteiger partial charge in [-0.1, -0.05) is 29.8 Å². The van der Waals surface area contributed by atoms with Crippen LogP contribution < -0.4 is 20.1 Å². The van der Waals surface area contributed by atoms with Crippen LogP contribution in [-0.4, -0.2) is 21.3 Å². The maximum Gasteiger partial charge on any atom is 0.162 e. The molecule has 0 aliphatic heterocycles. The number of hydrogen-bond acceptors (Lipinski definition) is 4. The Bertz CT molecular complexity index is 632. The van der Waals surface area contributed by atoms with Crippen molar-refractivity contribution in [3.63, 3.8) is 0 Å². The molecule has 112 valence electrons. The van der Waals surface area contributed by atoms with Gasteiger partial charge in [-0.3, -0.25) is 0 Å². The molecular formula is C16H19ClN2O2. The predicted octanol–water partition coefficient (Wildman–Crippen LogP) is 3.58. The summed E-state index contributed by atoms with van der Waals surface area (Å²) in [6, 6.07) is 11.4. The maximum atomic E-state index is 6.20. The van der Waals surface area contributed by atoms with E-state index >= 15 is 0 Å². The van der Waals surface area contributed by atoms with E-state index in [1.165, 1.54) is 0 Å². The van der Waals surface area contributed by atoms with Crippen LogP contribution in [0.15, 0.2) is 36.4 Å². The van der Waals surface area contributed by atoms with Crippen LogP contribution in [0.3, 0.4) is 0 Å². The van der Waals surface area contributed by atoms with Crippen LogP contribution in [0, 0.1) is 0 Å². The topological polar surface area (TPSA) is 47.7 Å². The van der Waals surface area contributed by atoms with Crippen molar-refractivity contribution in [3.05, 3.63) is 47.0 Å². The Morgan fingerprint density at radius 1 is 1.10 bits per heavy atom. The van der Waals surface area contributed by atoms with Gasteiger partial charge >= 0.3 is 0 Å². The molecule has 2 rings (SSSR count). The molecule has 0 aliphatic rings. The van der Waals surface area contributed by atoms with Gasteiger partial charge in [0, 0.05) is 30.7 Å². The van der Waals surface area contributed by atoms with Crippen LogP contribution in [0.4, 0.5) is 11.4 Å². The minimum Gasteiger partial charge on any atom is -0.493 e. The van der Waals surface area contributed by atoms with E-state index < -0.39 is 0 Å². The second-order valence-corrected chi connectivity index (χ2v) is 5.12. The van der Waals surface area contributed by atoms with Crippen LogP contribution in [-0.2, 0) is 6.54 Å². The predicted molar refractivity (Wildman–Crippen MR) is 87.5 cm³/mol. The zero-order valence-electron chi connectivity index (χ0n) is 12.4. The first kappa shape index (κ1) is 15.3. The summed E-state index contributed by atoms with van der Waals surface area (Å²) in [4.78, 5) is 2.03. The standard InChI is InChI=1S/C16H19ClN2O2/c1-19(10-11-6-4-5-7-12(11)17)14-9-16(21-3)15(20-2)8-13(14)18/h4-9H,10,18H2,1-3H3. The van der Waals surface area contributed by atoms with Gasteiger partial charge < -0.3 is 20.1 Å². The van der Waals surface area contributed by atoms with Crippen LogP contribution in [0.5, 0.6) is 11.5 Å². The van der Waals surface area contributed by atoms with Crippen molar-refractivity contribution in [1.29, 1.82) is 0 Å². The summed E-state index contributed by atoms with van der Waals surface area (Å²) >= 11 is 6.20. The summed E-state index contributed by atoms with van der Waals surface area (Å²) < 4.78 is 10.6. The number of halogens is 1. The Kier molecular flexibility index (Phi) is 4.81. The minimum absolute atomic E-state index is 0.616. The highest BCUT2D eigenvalue weighted by Crippen LogP contribution is 2.37. The van der Waals surface area contributed by atoms with Crippen LogP contribution >= 0.6 is 11.6 Å². The van der Waals surface area contributed by atoms with E-state index in [1.807, 2.05) is 42.3 Å². The lowest BCUT2D eigenvalue weighted by Gasteiger charge is -2.23. The number of anilines is 2. The summed E-state index contributed by atoms with van der Waals surface area (Å²) in [6.45, 7) is 0.652. The fraction of sp³-hybridized carbons (Fsp3) is 0.250. The zero-order chi connectivity index (χ0) is 15.4. The second kappa shape index (κ2) is 6.59. The van der Waals surface area contributed by atoms with E-state index in [0.29, 0.717) is 23.7 Å². The number of hydrogen-bond donors (Lipinski definition) is 1.